The van der Waals surface area contributed by atoms with Gasteiger partial charge in [-0.05, 0) is 66.7 Å². The van der Waals surface area contributed by atoms with Gasteiger partial charge in [0, 0.05) is 7.05 Å². The highest BCUT2D eigenvalue weighted by Crippen LogP contribution is 2.38. The molecule has 1 heterocycles. The first-order valence-corrected chi connectivity index (χ1v) is 9.68. The lowest BCUT2D eigenvalue weighted by Crippen LogP contribution is -2.23. The van der Waals surface area contributed by atoms with Crippen LogP contribution in [-0.4, -0.2) is 41.8 Å². The van der Waals surface area contributed by atoms with Crippen molar-refractivity contribution in [2.24, 2.45) is 4.99 Å². The number of nitrogens with zero attached hydrogens (tertiary/aromatic N) is 2. The number of ether oxygens (including phenoxy) is 2. The average molecular weight is 419 g/mol. The predicted octanol–water partition coefficient (Wildman–Crippen LogP) is 4.69. The summed E-state index contributed by atoms with van der Waals surface area (Å²) < 4.78 is 10.5. The number of aromatic hydroxyl groups is 1. The van der Waals surface area contributed by atoms with Crippen molar-refractivity contribution in [2.45, 2.75) is 6.92 Å². The Morgan fingerprint density at radius 2 is 2.00 bits per heavy atom. The van der Waals surface area contributed by atoms with Gasteiger partial charge in [-0.25, -0.2) is 4.99 Å². The maximum atomic E-state index is 12.6. The van der Waals surface area contributed by atoms with Gasteiger partial charge in [0.05, 0.1) is 29.3 Å². The monoisotopic (exact) mass is 418 g/mol. The van der Waals surface area contributed by atoms with Crippen molar-refractivity contribution in [1.29, 1.82) is 0 Å². The molecule has 1 aliphatic rings. The Bertz CT molecular complexity index is 957. The Hall–Kier alpha value is -2.64. The fraction of sp³-hybridized carbons (Fsp3) is 0.200. The molecule has 1 N–H and O–H groups in total. The van der Waals surface area contributed by atoms with Crippen LogP contribution in [0.3, 0.4) is 0 Å². The van der Waals surface area contributed by atoms with Crippen molar-refractivity contribution in [1.82, 2.24) is 4.90 Å². The lowest BCUT2D eigenvalue weighted by atomic mass is 10.2. The number of amidine groups is 1. The van der Waals surface area contributed by atoms with E-state index >= 15 is 0 Å². The summed E-state index contributed by atoms with van der Waals surface area (Å²) in [7, 11) is 3.28. The number of thioether (sulfide) groups is 1. The minimum absolute atomic E-state index is 0.116. The highest BCUT2D eigenvalue weighted by Gasteiger charge is 2.30. The lowest BCUT2D eigenvalue weighted by Gasteiger charge is -2.08. The standard InChI is InChI=1S/C20H19ClN2O4S/c1-4-27-16-10-12(9-15(21)18(16)24)11-17-19(25)23(2)20(28-17)22-13-5-7-14(26-3)8-6-13/h5-11,24H,4H2,1-3H3/b17-11+,22-20?. The topological polar surface area (TPSA) is 71.4 Å². The van der Waals surface area contributed by atoms with Crippen molar-refractivity contribution in [3.63, 3.8) is 0 Å². The summed E-state index contributed by atoms with van der Waals surface area (Å²) in [6, 6.07) is 10.5. The zero-order valence-corrected chi connectivity index (χ0v) is 17.2. The highest BCUT2D eigenvalue weighted by molar-refractivity contribution is 8.18. The molecule has 0 aliphatic carbocycles. The molecule has 8 heteroatoms. The lowest BCUT2D eigenvalue weighted by molar-refractivity contribution is -0.121. The number of amides is 1. The molecule has 146 valence electrons. The van der Waals surface area contributed by atoms with Crippen LogP contribution in [0.25, 0.3) is 6.08 Å². The fourth-order valence-corrected chi connectivity index (χ4v) is 3.72. The molecule has 1 aliphatic heterocycles. The van der Waals surface area contributed by atoms with Crippen LogP contribution < -0.4 is 9.47 Å². The molecular formula is C20H19ClN2O4S. The summed E-state index contributed by atoms with van der Waals surface area (Å²) in [6.07, 6.45) is 1.70. The molecule has 0 bridgehead atoms. The van der Waals surface area contributed by atoms with E-state index in [1.165, 1.54) is 16.7 Å². The van der Waals surface area contributed by atoms with Gasteiger partial charge >= 0.3 is 0 Å². The van der Waals surface area contributed by atoms with Crippen LogP contribution in [0.15, 0.2) is 46.3 Å². The number of halogens is 1. The molecule has 1 amide bonds. The number of aliphatic imine (C=N–C) groups is 1. The van der Waals surface area contributed by atoms with Crippen LogP contribution in [0.5, 0.6) is 17.2 Å². The number of likely N-dealkylation sites (N-methyl/N-ethyl adjacent to an activating group) is 1. The molecule has 0 atom stereocenters. The van der Waals surface area contributed by atoms with E-state index in [0.29, 0.717) is 22.2 Å². The van der Waals surface area contributed by atoms with E-state index in [0.717, 1.165) is 11.4 Å². The second-order valence-electron chi connectivity index (χ2n) is 5.85. The smallest absolute Gasteiger partial charge is 0.266 e. The van der Waals surface area contributed by atoms with Crippen LogP contribution in [0.1, 0.15) is 12.5 Å². The number of hydrogen-bond donors (Lipinski definition) is 1. The molecule has 3 rings (SSSR count). The molecular weight excluding hydrogens is 400 g/mol. The van der Waals surface area contributed by atoms with Gasteiger partial charge in [0.25, 0.3) is 5.91 Å². The fourth-order valence-electron chi connectivity index (χ4n) is 2.51. The molecule has 0 unspecified atom stereocenters. The van der Waals surface area contributed by atoms with Crippen molar-refractivity contribution < 1.29 is 19.4 Å². The van der Waals surface area contributed by atoms with E-state index in [1.807, 2.05) is 31.2 Å². The Morgan fingerprint density at radius 1 is 1.29 bits per heavy atom. The molecule has 1 saturated heterocycles. The quantitative estimate of drug-likeness (QED) is 0.713. The first kappa shape index (κ1) is 20.1. The number of carbonyl (C=O) groups is 1. The van der Waals surface area contributed by atoms with Crippen LogP contribution >= 0.6 is 23.4 Å². The second kappa shape index (κ2) is 8.58. The zero-order valence-electron chi connectivity index (χ0n) is 15.6. The molecule has 0 saturated carbocycles. The number of carbonyl (C=O) groups excluding carboxylic acids is 1. The molecule has 0 aromatic heterocycles. The number of phenolic OH excluding ortho intramolecular Hbond substituents is 1. The normalized spacial score (nSPS) is 16.9. The SMILES string of the molecule is CCOc1cc(/C=C2/SC(=Nc3ccc(OC)cc3)N(C)C2=O)cc(Cl)c1O. The third-order valence-corrected chi connectivity index (χ3v) is 5.30. The number of benzene rings is 2. The number of rotatable bonds is 5. The van der Waals surface area contributed by atoms with Gasteiger partial charge < -0.3 is 14.6 Å². The minimum Gasteiger partial charge on any atom is -0.503 e. The first-order chi connectivity index (χ1) is 13.4. The van der Waals surface area contributed by atoms with Crippen LogP contribution in [0.2, 0.25) is 5.02 Å². The number of hydrogen-bond acceptors (Lipinski definition) is 6. The predicted molar refractivity (Wildman–Crippen MR) is 113 cm³/mol. The Balaban J connectivity index is 1.89. The number of methoxy groups -OCH3 is 1. The summed E-state index contributed by atoms with van der Waals surface area (Å²) >= 11 is 7.34. The van der Waals surface area contributed by atoms with E-state index in [2.05, 4.69) is 4.99 Å². The van der Waals surface area contributed by atoms with E-state index < -0.39 is 0 Å². The summed E-state index contributed by atoms with van der Waals surface area (Å²) in [5.74, 6) is 0.731. The van der Waals surface area contributed by atoms with Gasteiger partial charge in [-0.1, -0.05) is 11.6 Å². The summed E-state index contributed by atoms with van der Waals surface area (Å²) in [5, 5.41) is 10.7. The van der Waals surface area contributed by atoms with E-state index in [-0.39, 0.29) is 22.4 Å². The van der Waals surface area contributed by atoms with Gasteiger partial charge in [0.15, 0.2) is 16.7 Å². The minimum atomic E-state index is -0.167. The molecule has 1 fully saturated rings. The average Bonchev–Trinajstić information content (AvgIpc) is 2.94. The van der Waals surface area contributed by atoms with Gasteiger partial charge in [-0.15, -0.1) is 0 Å². The molecule has 0 radical (unpaired) electrons. The van der Waals surface area contributed by atoms with Crippen molar-refractivity contribution >= 4 is 46.2 Å². The molecule has 28 heavy (non-hydrogen) atoms. The number of phenols is 1. The van der Waals surface area contributed by atoms with Crippen molar-refractivity contribution in [2.75, 3.05) is 20.8 Å². The van der Waals surface area contributed by atoms with Crippen LogP contribution in [0.4, 0.5) is 5.69 Å². The van der Waals surface area contributed by atoms with Gasteiger partial charge in [-0.2, -0.15) is 0 Å². The van der Waals surface area contributed by atoms with E-state index in [9.17, 15) is 9.90 Å². The molecule has 2 aromatic carbocycles. The van der Waals surface area contributed by atoms with Crippen molar-refractivity contribution in [3.8, 4) is 17.2 Å². The Morgan fingerprint density at radius 3 is 2.64 bits per heavy atom. The summed E-state index contributed by atoms with van der Waals surface area (Å²) in [5.41, 5.74) is 1.37. The maximum absolute atomic E-state index is 12.6. The Labute approximate surface area is 172 Å². The molecule has 2 aromatic rings. The molecule has 6 nitrogen and oxygen atoms in total. The maximum Gasteiger partial charge on any atom is 0.266 e. The van der Waals surface area contributed by atoms with Crippen LogP contribution in [0, 0.1) is 0 Å². The third-order valence-electron chi connectivity index (χ3n) is 3.95. The van der Waals surface area contributed by atoms with E-state index in [1.54, 1.807) is 32.4 Å². The van der Waals surface area contributed by atoms with E-state index in [4.69, 9.17) is 21.1 Å². The third kappa shape index (κ3) is 4.26. The summed E-state index contributed by atoms with van der Waals surface area (Å²) in [6.45, 7) is 2.20. The van der Waals surface area contributed by atoms with Gasteiger partial charge in [0.2, 0.25) is 0 Å². The summed E-state index contributed by atoms with van der Waals surface area (Å²) in [4.78, 5) is 19.1. The zero-order chi connectivity index (χ0) is 20.3. The van der Waals surface area contributed by atoms with Gasteiger partial charge in [0.1, 0.15) is 5.75 Å². The highest BCUT2D eigenvalue weighted by atomic mass is 35.5. The molecule has 0 spiro atoms. The van der Waals surface area contributed by atoms with Gasteiger partial charge in [-0.3, -0.25) is 9.69 Å². The second-order valence-corrected chi connectivity index (χ2v) is 7.27. The largest absolute Gasteiger partial charge is 0.503 e. The Kier molecular flexibility index (Phi) is 6.16. The van der Waals surface area contributed by atoms with Crippen molar-refractivity contribution in [3.05, 3.63) is 51.9 Å². The first-order valence-electron chi connectivity index (χ1n) is 8.48. The van der Waals surface area contributed by atoms with Crippen LogP contribution in [-0.2, 0) is 4.79 Å².